The van der Waals surface area contributed by atoms with E-state index in [9.17, 15) is 4.79 Å². The number of carbonyl (C=O) groups is 1. The molecule has 84 valence electrons. The van der Waals surface area contributed by atoms with E-state index in [4.69, 9.17) is 0 Å². The van der Waals surface area contributed by atoms with Gasteiger partial charge in [0.05, 0.1) is 7.11 Å². The number of ether oxygens (including phenoxy) is 1. The quantitative estimate of drug-likeness (QED) is 0.612. The van der Waals surface area contributed by atoms with Crippen LogP contribution in [-0.2, 0) is 9.53 Å². The van der Waals surface area contributed by atoms with Gasteiger partial charge in [-0.1, -0.05) is 12.1 Å². The topological polar surface area (TPSA) is 26.3 Å². The standard InChI is InChI=1S/C10H14.C3H6O2/c1-7-5-9(3)10(4)6-8(7)2;1-3(4)5-2/h5-6H,1-4H3;1-2H3. The molecule has 0 radical (unpaired) electrons. The first-order chi connectivity index (χ1) is 6.88. The van der Waals surface area contributed by atoms with Gasteiger partial charge in [-0.15, -0.1) is 0 Å². The molecule has 0 saturated heterocycles. The summed E-state index contributed by atoms with van der Waals surface area (Å²) in [6.45, 7) is 9.98. The third kappa shape index (κ3) is 5.21. The van der Waals surface area contributed by atoms with E-state index in [-0.39, 0.29) is 5.97 Å². The van der Waals surface area contributed by atoms with Crippen molar-refractivity contribution in [2.45, 2.75) is 34.6 Å². The van der Waals surface area contributed by atoms with Gasteiger partial charge in [-0.05, 0) is 49.9 Å². The Labute approximate surface area is 92.3 Å². The molecule has 0 amide bonds. The van der Waals surface area contributed by atoms with Gasteiger partial charge in [-0.3, -0.25) is 4.79 Å². The van der Waals surface area contributed by atoms with Crippen molar-refractivity contribution in [3.05, 3.63) is 34.4 Å². The summed E-state index contributed by atoms with van der Waals surface area (Å²) in [6, 6.07) is 4.48. The lowest BCUT2D eigenvalue weighted by atomic mass is 10.0. The number of rotatable bonds is 0. The summed E-state index contributed by atoms with van der Waals surface area (Å²) >= 11 is 0. The smallest absolute Gasteiger partial charge is 0.302 e. The summed E-state index contributed by atoms with van der Waals surface area (Å²) in [5.74, 6) is -0.245. The number of aryl methyl sites for hydroxylation is 4. The highest BCUT2D eigenvalue weighted by molar-refractivity contribution is 5.65. The van der Waals surface area contributed by atoms with Crippen molar-refractivity contribution in [1.82, 2.24) is 0 Å². The zero-order chi connectivity index (χ0) is 12.0. The molecular weight excluding hydrogens is 188 g/mol. The predicted octanol–water partition coefficient (Wildman–Crippen LogP) is 3.10. The van der Waals surface area contributed by atoms with Gasteiger partial charge in [0, 0.05) is 6.92 Å². The molecule has 1 rings (SSSR count). The fourth-order valence-corrected chi connectivity index (χ4v) is 1.10. The van der Waals surface area contributed by atoms with Gasteiger partial charge in [0.2, 0.25) is 0 Å². The third-order valence-electron chi connectivity index (χ3n) is 2.40. The first-order valence-electron chi connectivity index (χ1n) is 4.97. The lowest BCUT2D eigenvalue weighted by Gasteiger charge is -2.04. The van der Waals surface area contributed by atoms with Gasteiger partial charge in [0.15, 0.2) is 0 Å². The molecule has 0 bridgehead atoms. The number of esters is 1. The molecule has 2 heteroatoms. The monoisotopic (exact) mass is 208 g/mol. The Kier molecular flexibility index (Phi) is 5.68. The van der Waals surface area contributed by atoms with E-state index in [1.807, 2.05) is 0 Å². The number of hydrogen-bond acceptors (Lipinski definition) is 2. The van der Waals surface area contributed by atoms with Gasteiger partial charge < -0.3 is 4.74 Å². The molecule has 0 fully saturated rings. The summed E-state index contributed by atoms with van der Waals surface area (Å²) in [6.07, 6.45) is 0. The van der Waals surface area contributed by atoms with Gasteiger partial charge >= 0.3 is 5.97 Å². The Hall–Kier alpha value is -1.31. The first kappa shape index (κ1) is 13.7. The summed E-state index contributed by atoms with van der Waals surface area (Å²) in [5.41, 5.74) is 5.57. The van der Waals surface area contributed by atoms with Crippen molar-refractivity contribution in [2.24, 2.45) is 0 Å². The Bertz CT molecular complexity index is 290. The number of benzene rings is 1. The lowest BCUT2D eigenvalue weighted by Crippen LogP contribution is -1.88. The van der Waals surface area contributed by atoms with E-state index in [2.05, 4.69) is 44.6 Å². The minimum atomic E-state index is -0.245. The average molecular weight is 208 g/mol. The Morgan fingerprint density at radius 1 is 0.933 bits per heavy atom. The molecule has 2 nitrogen and oxygen atoms in total. The van der Waals surface area contributed by atoms with Gasteiger partial charge in [-0.25, -0.2) is 0 Å². The zero-order valence-corrected chi connectivity index (χ0v) is 10.5. The van der Waals surface area contributed by atoms with Crippen LogP contribution in [0.25, 0.3) is 0 Å². The molecule has 0 N–H and O–H groups in total. The van der Waals surface area contributed by atoms with Crippen LogP contribution >= 0.6 is 0 Å². The second-order valence-electron chi connectivity index (χ2n) is 3.72. The van der Waals surface area contributed by atoms with E-state index >= 15 is 0 Å². The van der Waals surface area contributed by atoms with Crippen molar-refractivity contribution in [1.29, 1.82) is 0 Å². The largest absolute Gasteiger partial charge is 0.469 e. The third-order valence-corrected chi connectivity index (χ3v) is 2.40. The minimum absolute atomic E-state index is 0.245. The summed E-state index contributed by atoms with van der Waals surface area (Å²) < 4.78 is 4.11. The normalized spacial score (nSPS) is 8.93. The van der Waals surface area contributed by atoms with Crippen molar-refractivity contribution in [3.8, 4) is 0 Å². The molecule has 1 aromatic rings. The fourth-order valence-electron chi connectivity index (χ4n) is 1.10. The molecule has 0 atom stereocenters. The van der Waals surface area contributed by atoms with Crippen LogP contribution in [0.3, 0.4) is 0 Å². The number of hydrogen-bond donors (Lipinski definition) is 0. The van der Waals surface area contributed by atoms with E-state index in [1.165, 1.54) is 36.3 Å². The maximum Gasteiger partial charge on any atom is 0.302 e. The Balaban J connectivity index is 0.000000336. The summed E-state index contributed by atoms with van der Waals surface area (Å²) in [7, 11) is 1.35. The second kappa shape index (κ2) is 6.23. The molecule has 0 aliphatic heterocycles. The molecule has 0 spiro atoms. The van der Waals surface area contributed by atoms with Crippen LogP contribution in [0.15, 0.2) is 12.1 Å². The molecule has 0 aliphatic carbocycles. The van der Waals surface area contributed by atoms with Crippen LogP contribution in [-0.4, -0.2) is 13.1 Å². The fraction of sp³-hybridized carbons (Fsp3) is 0.462. The highest BCUT2D eigenvalue weighted by Crippen LogP contribution is 2.13. The molecule has 0 heterocycles. The Morgan fingerprint density at radius 2 is 1.13 bits per heavy atom. The van der Waals surface area contributed by atoms with Crippen molar-refractivity contribution < 1.29 is 9.53 Å². The van der Waals surface area contributed by atoms with E-state index < -0.39 is 0 Å². The van der Waals surface area contributed by atoms with Gasteiger partial charge in [0.25, 0.3) is 0 Å². The maximum absolute atomic E-state index is 9.59. The number of methoxy groups -OCH3 is 1. The lowest BCUT2D eigenvalue weighted by molar-refractivity contribution is -0.137. The van der Waals surface area contributed by atoms with Gasteiger partial charge in [-0.2, -0.15) is 0 Å². The first-order valence-corrected chi connectivity index (χ1v) is 4.97. The second-order valence-corrected chi connectivity index (χ2v) is 3.72. The molecule has 0 aliphatic rings. The highest BCUT2D eigenvalue weighted by Gasteiger charge is 1.95. The number of carbonyl (C=O) groups excluding carboxylic acids is 1. The van der Waals surface area contributed by atoms with Crippen LogP contribution in [0.1, 0.15) is 29.2 Å². The van der Waals surface area contributed by atoms with Crippen LogP contribution < -0.4 is 0 Å². The van der Waals surface area contributed by atoms with Crippen molar-refractivity contribution >= 4 is 5.97 Å². The SMILES string of the molecule is COC(C)=O.Cc1cc(C)c(C)cc1C. The summed E-state index contributed by atoms with van der Waals surface area (Å²) in [5, 5.41) is 0. The molecule has 0 unspecified atom stereocenters. The van der Waals surface area contributed by atoms with Crippen LogP contribution in [0.4, 0.5) is 0 Å². The van der Waals surface area contributed by atoms with E-state index in [0.717, 1.165) is 0 Å². The summed E-state index contributed by atoms with van der Waals surface area (Å²) in [4.78, 5) is 9.59. The zero-order valence-electron chi connectivity index (χ0n) is 10.5. The van der Waals surface area contributed by atoms with Crippen LogP contribution in [0, 0.1) is 27.7 Å². The maximum atomic E-state index is 9.59. The predicted molar refractivity (Wildman–Crippen MR) is 63.1 cm³/mol. The molecule has 1 aromatic carbocycles. The van der Waals surface area contributed by atoms with Gasteiger partial charge in [0.1, 0.15) is 0 Å². The van der Waals surface area contributed by atoms with E-state index in [1.54, 1.807) is 0 Å². The minimum Gasteiger partial charge on any atom is -0.469 e. The molecular formula is C13H20O2. The van der Waals surface area contributed by atoms with Crippen LogP contribution in [0.2, 0.25) is 0 Å². The van der Waals surface area contributed by atoms with E-state index in [0.29, 0.717) is 0 Å². The van der Waals surface area contributed by atoms with Crippen molar-refractivity contribution in [2.75, 3.05) is 7.11 Å². The van der Waals surface area contributed by atoms with Crippen molar-refractivity contribution in [3.63, 3.8) is 0 Å². The Morgan fingerprint density at radius 3 is 1.27 bits per heavy atom. The average Bonchev–Trinajstić information content (AvgIpc) is 2.16. The van der Waals surface area contributed by atoms with Crippen LogP contribution in [0.5, 0.6) is 0 Å². The molecule has 15 heavy (non-hydrogen) atoms. The highest BCUT2D eigenvalue weighted by atomic mass is 16.5. The molecule has 0 aromatic heterocycles. The molecule has 0 saturated carbocycles.